The maximum absolute atomic E-state index is 5.25. The molecule has 1 aliphatic carbocycles. The zero-order chi connectivity index (χ0) is 44.3. The van der Waals surface area contributed by atoms with Crippen LogP contribution >= 0.6 is 0 Å². The average Bonchev–Trinajstić information content (AvgIpc) is 3.73. The van der Waals surface area contributed by atoms with Crippen LogP contribution in [0.5, 0.6) is 0 Å². The third-order valence-electron chi connectivity index (χ3n) is 14.0. The molecule has 0 aliphatic heterocycles. The van der Waals surface area contributed by atoms with Crippen molar-refractivity contribution in [3.63, 3.8) is 0 Å². The molecule has 312 valence electrons. The fourth-order valence-corrected chi connectivity index (χ4v) is 11.1. The summed E-state index contributed by atoms with van der Waals surface area (Å²) >= 11 is 0. The second kappa shape index (κ2) is 15.8. The fraction of sp³-hybridized carbons (Fsp3) is 0.0154. The molecule has 1 aromatic heterocycles. The Labute approximate surface area is 390 Å². The lowest BCUT2D eigenvalue weighted by molar-refractivity contribution is 0.777. The highest BCUT2D eigenvalue weighted by Crippen LogP contribution is 2.61. The van der Waals surface area contributed by atoms with E-state index in [2.05, 4.69) is 243 Å². The summed E-state index contributed by atoms with van der Waals surface area (Å²) in [4.78, 5) is 10.5. The molecule has 0 amide bonds. The predicted molar refractivity (Wildman–Crippen MR) is 279 cm³/mol. The molecule has 0 fully saturated rings. The van der Waals surface area contributed by atoms with Crippen molar-refractivity contribution in [1.29, 1.82) is 0 Å². The quantitative estimate of drug-likeness (QED) is 0.160. The first-order valence-electron chi connectivity index (χ1n) is 23.1. The van der Waals surface area contributed by atoms with E-state index in [1.165, 1.54) is 77.2 Å². The Hall–Kier alpha value is -8.72. The lowest BCUT2D eigenvalue weighted by Crippen LogP contribution is -2.29. The van der Waals surface area contributed by atoms with Crippen LogP contribution in [0.25, 0.3) is 99.6 Å². The van der Waals surface area contributed by atoms with E-state index in [9.17, 15) is 0 Å². The van der Waals surface area contributed by atoms with E-state index < -0.39 is 5.41 Å². The highest BCUT2D eigenvalue weighted by Gasteiger charge is 2.48. The summed E-state index contributed by atoms with van der Waals surface area (Å²) in [6.07, 6.45) is 0. The predicted octanol–water partition coefficient (Wildman–Crippen LogP) is 16.6. The number of hydrogen-bond acceptors (Lipinski definition) is 2. The maximum atomic E-state index is 5.25. The summed E-state index contributed by atoms with van der Waals surface area (Å²) in [5.74, 6) is 0.704. The van der Waals surface area contributed by atoms with Gasteiger partial charge in [-0.05, 0) is 100 Å². The Bertz CT molecular complexity index is 3740. The van der Waals surface area contributed by atoms with Gasteiger partial charge in [0.15, 0.2) is 5.82 Å². The molecule has 0 saturated heterocycles. The van der Waals surface area contributed by atoms with Crippen LogP contribution in [0.2, 0.25) is 0 Å². The summed E-state index contributed by atoms with van der Waals surface area (Å²) < 4.78 is 0. The van der Waals surface area contributed by atoms with Gasteiger partial charge in [0.1, 0.15) is 0 Å². The van der Waals surface area contributed by atoms with Gasteiger partial charge in [-0.25, -0.2) is 9.97 Å². The van der Waals surface area contributed by atoms with Gasteiger partial charge >= 0.3 is 0 Å². The van der Waals surface area contributed by atoms with Crippen LogP contribution in [0, 0.1) is 0 Å². The van der Waals surface area contributed by atoms with Gasteiger partial charge in [-0.15, -0.1) is 0 Å². The summed E-state index contributed by atoms with van der Waals surface area (Å²) in [7, 11) is 0. The Morgan fingerprint density at radius 3 is 1.15 bits per heavy atom. The number of nitrogens with zero attached hydrogens (tertiary/aromatic N) is 2. The van der Waals surface area contributed by atoms with Crippen LogP contribution in [0.4, 0.5) is 0 Å². The van der Waals surface area contributed by atoms with Crippen molar-refractivity contribution in [3.05, 3.63) is 277 Å². The fourth-order valence-electron chi connectivity index (χ4n) is 11.1. The molecule has 2 nitrogen and oxygen atoms in total. The Balaban J connectivity index is 1.03. The van der Waals surface area contributed by atoms with Crippen molar-refractivity contribution in [2.45, 2.75) is 5.41 Å². The van der Waals surface area contributed by atoms with Crippen LogP contribution in [0.15, 0.2) is 255 Å². The molecule has 0 spiro atoms. The summed E-state index contributed by atoms with van der Waals surface area (Å²) in [6.45, 7) is 0. The summed E-state index contributed by atoms with van der Waals surface area (Å²) in [5, 5.41) is 7.20. The molecule has 0 unspecified atom stereocenters. The van der Waals surface area contributed by atoms with Crippen molar-refractivity contribution >= 4 is 32.3 Å². The van der Waals surface area contributed by atoms with E-state index in [0.717, 1.165) is 38.9 Å². The molecule has 0 saturated carbocycles. The van der Waals surface area contributed by atoms with Gasteiger partial charge in [0, 0.05) is 16.7 Å². The van der Waals surface area contributed by atoms with E-state index in [4.69, 9.17) is 9.97 Å². The molecule has 0 radical (unpaired) electrons. The SMILES string of the molecule is c1ccc(-c2cc(-c3ccccc3)nc(-c3ccc(-c4ccc(-c5cccc6c5C(c5ccccc5)(c5ccccc5)c5c-6ccc6ccccc56)c5ccccc45)c4ccccc34)n2)cc1. The number of rotatable bonds is 7. The third kappa shape index (κ3) is 6.11. The standard InChI is InChI=1S/C65H42N2/c1-5-21-44(22-6-1)60-42-61(45-23-7-2-8-24-45)67-64(66-60)59-41-40-54(51-32-17-18-33-52(51)59)53-38-39-55(50-31-16-15-30-49(50)53)56-34-19-35-57-58-37-36-43-20-13-14-29-48(43)62(58)65(63(56)57,46-25-9-3-10-26-46)47-27-11-4-12-28-47/h1-42H. The van der Waals surface area contributed by atoms with Gasteiger partial charge < -0.3 is 0 Å². The first kappa shape index (κ1) is 38.7. The minimum atomic E-state index is -0.587. The molecule has 13 rings (SSSR count). The second-order valence-corrected chi connectivity index (χ2v) is 17.5. The van der Waals surface area contributed by atoms with Crippen LogP contribution in [0.1, 0.15) is 22.3 Å². The zero-order valence-corrected chi connectivity index (χ0v) is 36.6. The van der Waals surface area contributed by atoms with Crippen molar-refractivity contribution in [2.24, 2.45) is 0 Å². The molecular weight excluding hydrogens is 809 g/mol. The monoisotopic (exact) mass is 850 g/mol. The van der Waals surface area contributed by atoms with Gasteiger partial charge in [-0.1, -0.05) is 243 Å². The zero-order valence-electron chi connectivity index (χ0n) is 36.6. The van der Waals surface area contributed by atoms with Crippen molar-refractivity contribution in [2.75, 3.05) is 0 Å². The normalized spacial score (nSPS) is 12.6. The van der Waals surface area contributed by atoms with E-state index >= 15 is 0 Å². The van der Waals surface area contributed by atoms with Crippen LogP contribution in [0.3, 0.4) is 0 Å². The third-order valence-corrected chi connectivity index (χ3v) is 14.0. The number of aromatic nitrogens is 2. The Morgan fingerprint density at radius 1 is 0.254 bits per heavy atom. The van der Waals surface area contributed by atoms with Gasteiger partial charge in [0.25, 0.3) is 0 Å². The lowest BCUT2D eigenvalue weighted by Gasteiger charge is -2.36. The first-order chi connectivity index (χ1) is 33.3. The number of fused-ring (bicyclic) bond motifs is 7. The van der Waals surface area contributed by atoms with Crippen molar-refractivity contribution in [3.8, 4) is 67.3 Å². The Kier molecular flexibility index (Phi) is 9.11. The summed E-state index contributed by atoms with van der Waals surface area (Å²) in [6, 6.07) is 92.7. The topological polar surface area (TPSA) is 25.8 Å². The minimum Gasteiger partial charge on any atom is -0.228 e. The highest BCUT2D eigenvalue weighted by atomic mass is 14.9. The van der Waals surface area contributed by atoms with E-state index in [1.807, 2.05) is 12.1 Å². The second-order valence-electron chi connectivity index (χ2n) is 17.5. The van der Waals surface area contributed by atoms with Crippen LogP contribution in [-0.4, -0.2) is 9.97 Å². The van der Waals surface area contributed by atoms with Gasteiger partial charge in [0.2, 0.25) is 0 Å². The van der Waals surface area contributed by atoms with E-state index in [0.29, 0.717) is 5.82 Å². The first-order valence-corrected chi connectivity index (χ1v) is 23.1. The molecule has 67 heavy (non-hydrogen) atoms. The van der Waals surface area contributed by atoms with Crippen LogP contribution in [-0.2, 0) is 5.41 Å². The van der Waals surface area contributed by atoms with E-state index in [1.54, 1.807) is 0 Å². The molecule has 2 heteroatoms. The van der Waals surface area contributed by atoms with Crippen molar-refractivity contribution in [1.82, 2.24) is 9.97 Å². The van der Waals surface area contributed by atoms with Gasteiger partial charge in [-0.3, -0.25) is 0 Å². The number of hydrogen-bond donors (Lipinski definition) is 0. The Morgan fingerprint density at radius 2 is 0.627 bits per heavy atom. The summed E-state index contributed by atoms with van der Waals surface area (Å²) in [5.41, 5.74) is 16.8. The average molecular weight is 851 g/mol. The van der Waals surface area contributed by atoms with Crippen LogP contribution < -0.4 is 0 Å². The number of benzene rings is 11. The van der Waals surface area contributed by atoms with Crippen molar-refractivity contribution < 1.29 is 0 Å². The maximum Gasteiger partial charge on any atom is 0.161 e. The molecule has 11 aromatic carbocycles. The van der Waals surface area contributed by atoms with E-state index in [-0.39, 0.29) is 0 Å². The molecule has 12 aromatic rings. The molecule has 0 bridgehead atoms. The molecular formula is C65H42N2. The molecule has 0 atom stereocenters. The smallest absolute Gasteiger partial charge is 0.161 e. The molecule has 1 heterocycles. The molecule has 0 N–H and O–H groups in total. The largest absolute Gasteiger partial charge is 0.228 e. The minimum absolute atomic E-state index is 0.587. The molecule has 1 aliphatic rings. The van der Waals surface area contributed by atoms with Gasteiger partial charge in [0.05, 0.1) is 16.8 Å². The lowest BCUT2D eigenvalue weighted by atomic mass is 9.65. The highest BCUT2D eigenvalue weighted by molar-refractivity contribution is 6.13. The van der Waals surface area contributed by atoms with Gasteiger partial charge in [-0.2, -0.15) is 0 Å².